The number of aliphatic hydroxyl groups excluding tert-OH is 1. The number of methoxy groups -OCH3 is 2. The van der Waals surface area contributed by atoms with Crippen LogP contribution in [0.15, 0.2) is 58.6 Å². The normalized spacial score (nSPS) is 18.6. The molecule has 0 heterocycles. The topological polar surface area (TPSA) is 178 Å². The minimum atomic E-state index is -1.41. The van der Waals surface area contributed by atoms with Crippen molar-refractivity contribution in [3.05, 3.63) is 69.7 Å². The average molecular weight is 668 g/mol. The van der Waals surface area contributed by atoms with Crippen LogP contribution in [-0.4, -0.2) is 79.9 Å². The minimum absolute atomic E-state index is 0.0615. The molecule has 12 nitrogen and oxygen atoms in total. The van der Waals surface area contributed by atoms with Gasteiger partial charge in [-0.2, -0.15) is 0 Å². The van der Waals surface area contributed by atoms with Crippen molar-refractivity contribution in [2.45, 2.75) is 37.1 Å². The van der Waals surface area contributed by atoms with Crippen molar-refractivity contribution in [1.82, 2.24) is 16.0 Å². The molecule has 4 unspecified atom stereocenters. The summed E-state index contributed by atoms with van der Waals surface area (Å²) in [5.74, 6) is -0.865. The van der Waals surface area contributed by atoms with Crippen molar-refractivity contribution in [3.63, 3.8) is 0 Å². The molecule has 14 heteroatoms. The van der Waals surface area contributed by atoms with Crippen LogP contribution in [0.25, 0.3) is 0 Å². The zero-order valence-corrected chi connectivity index (χ0v) is 25.2. The van der Waals surface area contributed by atoms with Gasteiger partial charge in [0.1, 0.15) is 29.7 Å². The number of hydrogen-bond acceptors (Lipinski definition) is 8. The maximum atomic E-state index is 13.4. The second kappa shape index (κ2) is 15.4. The summed E-state index contributed by atoms with van der Waals surface area (Å²) in [5, 5.41) is 18.7. The largest absolute Gasteiger partial charge is 0.497 e. The van der Waals surface area contributed by atoms with E-state index in [9.17, 15) is 24.3 Å². The monoisotopic (exact) mass is 666 g/mol. The smallest absolute Gasteiger partial charge is 0.407 e. The number of hydrogen-bond donors (Lipinski definition) is 5. The number of ether oxygens (including phenoxy) is 3. The number of amides is 4. The maximum absolute atomic E-state index is 13.4. The summed E-state index contributed by atoms with van der Waals surface area (Å²) < 4.78 is 16.2. The van der Waals surface area contributed by atoms with Crippen molar-refractivity contribution in [2.24, 2.45) is 5.73 Å². The van der Waals surface area contributed by atoms with E-state index in [0.29, 0.717) is 16.0 Å². The average Bonchev–Trinajstić information content (AvgIpc) is 2.98. The van der Waals surface area contributed by atoms with Crippen LogP contribution in [0.3, 0.4) is 0 Å². The highest BCUT2D eigenvalue weighted by Crippen LogP contribution is 2.26. The molecule has 0 radical (unpaired) electrons. The first-order valence-electron chi connectivity index (χ1n) is 12.8. The Morgan fingerprint density at radius 2 is 1.74 bits per heavy atom. The number of primary amides is 1. The van der Waals surface area contributed by atoms with Gasteiger partial charge in [0.05, 0.1) is 25.8 Å². The van der Waals surface area contributed by atoms with Crippen LogP contribution in [0.2, 0.25) is 0 Å². The molecule has 1 aliphatic carbocycles. The predicted octanol–water partition coefficient (Wildman–Crippen LogP) is 1.80. The number of alkyl halides is 1. The lowest BCUT2D eigenvalue weighted by Gasteiger charge is -2.34. The molecule has 42 heavy (non-hydrogen) atoms. The van der Waals surface area contributed by atoms with Gasteiger partial charge >= 0.3 is 6.09 Å². The van der Waals surface area contributed by atoms with E-state index in [4.69, 9.17) is 31.5 Å². The lowest BCUT2D eigenvalue weighted by molar-refractivity contribution is -0.125. The lowest BCUT2D eigenvalue weighted by atomic mass is 9.89. The van der Waals surface area contributed by atoms with Gasteiger partial charge in [-0.3, -0.25) is 14.4 Å². The van der Waals surface area contributed by atoms with Crippen molar-refractivity contribution in [3.8, 4) is 11.5 Å². The van der Waals surface area contributed by atoms with E-state index in [1.807, 2.05) is 0 Å². The number of carbonyl (C=O) groups is 4. The van der Waals surface area contributed by atoms with Gasteiger partial charge in [0.2, 0.25) is 11.8 Å². The first-order chi connectivity index (χ1) is 20.1. The molecule has 226 valence electrons. The quantitative estimate of drug-likeness (QED) is 0.213. The van der Waals surface area contributed by atoms with Crippen LogP contribution in [0.1, 0.15) is 22.3 Å². The van der Waals surface area contributed by atoms with Crippen LogP contribution in [0.4, 0.5) is 4.79 Å². The van der Waals surface area contributed by atoms with E-state index in [0.717, 1.165) is 5.56 Å². The summed E-state index contributed by atoms with van der Waals surface area (Å²) in [6, 6.07) is 9.46. The van der Waals surface area contributed by atoms with Crippen LogP contribution in [0.5, 0.6) is 11.5 Å². The van der Waals surface area contributed by atoms with E-state index >= 15 is 0 Å². The molecule has 0 saturated carbocycles. The van der Waals surface area contributed by atoms with Crippen molar-refractivity contribution in [1.29, 1.82) is 0 Å². The Labute approximate surface area is 256 Å². The van der Waals surface area contributed by atoms with Gasteiger partial charge in [0, 0.05) is 35.3 Å². The summed E-state index contributed by atoms with van der Waals surface area (Å²) in [6.07, 6.45) is -2.25. The Kier molecular flexibility index (Phi) is 12.0. The minimum Gasteiger partial charge on any atom is -0.497 e. The molecule has 0 fully saturated rings. The second-order valence-corrected chi connectivity index (χ2v) is 10.5. The van der Waals surface area contributed by atoms with Crippen LogP contribution in [-0.2, 0) is 20.7 Å². The summed E-state index contributed by atoms with van der Waals surface area (Å²) >= 11 is 8.94. The highest BCUT2D eigenvalue weighted by Gasteiger charge is 2.38. The van der Waals surface area contributed by atoms with Crippen molar-refractivity contribution in [2.75, 3.05) is 26.6 Å². The fourth-order valence-corrected chi connectivity index (χ4v) is 4.71. The molecule has 4 atom stereocenters. The number of aliphatic hydroxyl groups is 1. The summed E-state index contributed by atoms with van der Waals surface area (Å²) in [4.78, 5) is 51.0. The third-order valence-corrected chi connectivity index (χ3v) is 7.31. The molecule has 1 aliphatic rings. The number of alkyl carbamates (subject to hydrolysis) is 1. The Morgan fingerprint density at radius 1 is 1.07 bits per heavy atom. The van der Waals surface area contributed by atoms with E-state index < -0.39 is 48.1 Å². The predicted molar refractivity (Wildman–Crippen MR) is 157 cm³/mol. The fourth-order valence-electron chi connectivity index (χ4n) is 4.19. The molecule has 2 aromatic rings. The van der Waals surface area contributed by atoms with Crippen molar-refractivity contribution >= 4 is 51.3 Å². The van der Waals surface area contributed by atoms with Gasteiger partial charge in [-0.05, 0) is 51.8 Å². The van der Waals surface area contributed by atoms with Gasteiger partial charge < -0.3 is 41.0 Å². The summed E-state index contributed by atoms with van der Waals surface area (Å²) in [6.45, 7) is 0.113. The molecule has 0 saturated heterocycles. The number of benzene rings is 2. The maximum Gasteiger partial charge on any atom is 0.407 e. The van der Waals surface area contributed by atoms with Crippen LogP contribution >= 0.6 is 27.5 Å². The molecule has 0 bridgehead atoms. The number of halogens is 2. The molecule has 2 aromatic carbocycles. The second-order valence-electron chi connectivity index (χ2n) is 9.27. The van der Waals surface area contributed by atoms with Crippen LogP contribution < -0.4 is 31.2 Å². The highest BCUT2D eigenvalue weighted by atomic mass is 79.9. The zero-order chi connectivity index (χ0) is 30.8. The van der Waals surface area contributed by atoms with Crippen LogP contribution in [0, 0.1) is 0 Å². The van der Waals surface area contributed by atoms with Crippen molar-refractivity contribution < 1.29 is 38.5 Å². The third kappa shape index (κ3) is 8.84. The van der Waals surface area contributed by atoms with Gasteiger partial charge in [-0.15, -0.1) is 11.6 Å². The van der Waals surface area contributed by atoms with E-state index in [2.05, 4.69) is 31.9 Å². The molecule has 0 aromatic heterocycles. The number of nitrogens with one attached hydrogen (secondary N) is 3. The first-order valence-corrected chi connectivity index (χ1v) is 14.2. The molecule has 3 rings (SSSR count). The van der Waals surface area contributed by atoms with Gasteiger partial charge in [0.25, 0.3) is 5.91 Å². The Bertz CT molecular complexity index is 1320. The van der Waals surface area contributed by atoms with E-state index in [-0.39, 0.29) is 36.4 Å². The molecule has 0 aliphatic heterocycles. The Morgan fingerprint density at radius 3 is 2.36 bits per heavy atom. The molecular weight excluding hydrogens is 636 g/mol. The molecular formula is C28H32BrClN4O8. The van der Waals surface area contributed by atoms with Gasteiger partial charge in [0.15, 0.2) is 0 Å². The zero-order valence-electron chi connectivity index (χ0n) is 22.9. The Balaban J connectivity index is 1.85. The Hall–Kier alpha value is -3.81. The number of carbonyl (C=O) groups excluding carboxylic acids is 4. The highest BCUT2D eigenvalue weighted by molar-refractivity contribution is 9.10. The molecule has 4 amide bonds. The SMILES string of the molecule is COc1ccc(CC(NC(=O)C2=CC(NC(=O)c3cc(OC)ccc3Br)C(O)C(OC(=O)NCCCl)C2)C(N)=O)cc1. The fraction of sp³-hybridized carbons (Fsp3) is 0.357. The van der Waals surface area contributed by atoms with Gasteiger partial charge in [-0.25, -0.2) is 4.79 Å². The third-order valence-electron chi connectivity index (χ3n) is 6.43. The first kappa shape index (κ1) is 32.7. The van der Waals surface area contributed by atoms with E-state index in [1.54, 1.807) is 36.4 Å². The van der Waals surface area contributed by atoms with E-state index in [1.165, 1.54) is 26.4 Å². The summed E-state index contributed by atoms with van der Waals surface area (Å²) in [5.41, 5.74) is 6.57. The standard InChI is InChI=1S/C28H32BrClN4O8/c1-40-17-5-3-15(4-6-17)11-22(25(31)36)34-26(37)16-12-21(24(35)23(13-16)42-28(39)32-10-9-30)33-27(38)19-14-18(41-2)7-8-20(19)29/h3-8,12,14,21-24,35H,9-11,13H2,1-2H3,(H2,31,36)(H,32,39)(H,33,38)(H,34,37). The molecule has 0 spiro atoms. The number of nitrogens with two attached hydrogens (primary N) is 1. The lowest BCUT2D eigenvalue weighted by Crippen LogP contribution is -2.54. The summed E-state index contributed by atoms with van der Waals surface area (Å²) in [7, 11) is 2.98. The van der Waals surface area contributed by atoms with Gasteiger partial charge in [-0.1, -0.05) is 18.2 Å². The number of rotatable bonds is 12. The molecule has 6 N–H and O–H groups in total.